The van der Waals surface area contributed by atoms with Crippen LogP contribution in [0, 0.1) is 13.8 Å². The molecule has 0 radical (unpaired) electrons. The summed E-state index contributed by atoms with van der Waals surface area (Å²) in [7, 11) is 1.83. The van der Waals surface area contributed by atoms with E-state index in [1.807, 2.05) is 20.9 Å². The van der Waals surface area contributed by atoms with Gasteiger partial charge in [0, 0.05) is 13.8 Å². The van der Waals surface area contributed by atoms with E-state index in [1.54, 1.807) is 4.74 Å². The van der Waals surface area contributed by atoms with Gasteiger partial charge >= 0.3 is 0 Å². The summed E-state index contributed by atoms with van der Waals surface area (Å²) in [5.41, 5.74) is 2.03. The molecule has 0 aromatic carbocycles. The van der Waals surface area contributed by atoms with Gasteiger partial charge < -0.3 is 0 Å². The summed E-state index contributed by atoms with van der Waals surface area (Å²) in [6.45, 7) is 3.88. The van der Waals surface area contributed by atoms with Gasteiger partial charge in [-0.2, -0.15) is 0 Å². The van der Waals surface area contributed by atoms with Crippen molar-refractivity contribution in [3.63, 3.8) is 0 Å². The van der Waals surface area contributed by atoms with Crippen molar-refractivity contribution in [2.45, 2.75) is 13.8 Å². The average Bonchev–Trinajstić information content (AvgIpc) is 1.98. The van der Waals surface area contributed by atoms with Crippen LogP contribution in [0.25, 0.3) is 0 Å². The maximum Gasteiger partial charge on any atom is 0.242 e. The Bertz CT molecular complexity index is 173. The Morgan fingerprint density at radius 3 is 2.25 bits per heavy atom. The fourth-order valence-corrected chi connectivity index (χ4v) is 0.478. The average molecular weight is 113 g/mol. The lowest BCUT2D eigenvalue weighted by atomic mass is 10.4. The quantitative estimate of drug-likeness (QED) is 0.447. The smallest absolute Gasteiger partial charge is 0.0851 e. The van der Waals surface area contributed by atoms with Crippen LogP contribution in [0.15, 0.2) is 4.63 Å². The van der Waals surface area contributed by atoms with Gasteiger partial charge in [-0.1, -0.05) is 9.37 Å². The number of aryl methyl sites for hydroxylation is 2. The molecule has 0 saturated carbocycles. The van der Waals surface area contributed by atoms with Gasteiger partial charge in [0.2, 0.25) is 5.69 Å². The van der Waals surface area contributed by atoms with E-state index in [0.29, 0.717) is 0 Å². The molecule has 44 valence electrons. The van der Waals surface area contributed by atoms with Crippen molar-refractivity contribution < 1.29 is 9.37 Å². The molecule has 1 aromatic rings. The van der Waals surface area contributed by atoms with E-state index in [4.69, 9.17) is 4.63 Å². The molecule has 0 unspecified atom stereocenters. The highest BCUT2D eigenvalue weighted by Gasteiger charge is 2.09. The fourth-order valence-electron chi connectivity index (χ4n) is 0.478. The van der Waals surface area contributed by atoms with Crippen LogP contribution in [0.1, 0.15) is 11.4 Å². The number of hydrogen-bond acceptors (Lipinski definition) is 2. The highest BCUT2D eigenvalue weighted by Crippen LogP contribution is 1.92. The summed E-state index contributed by atoms with van der Waals surface area (Å²) in [6, 6.07) is 0. The molecule has 0 aliphatic rings. The third-order valence-corrected chi connectivity index (χ3v) is 1.30. The summed E-state index contributed by atoms with van der Waals surface area (Å²) in [6.07, 6.45) is 0. The van der Waals surface area contributed by atoms with Crippen LogP contribution in [0.4, 0.5) is 0 Å². The Morgan fingerprint density at radius 1 is 1.50 bits per heavy atom. The summed E-state index contributed by atoms with van der Waals surface area (Å²) in [4.78, 5) is 0. The van der Waals surface area contributed by atoms with E-state index in [2.05, 4.69) is 5.16 Å². The zero-order chi connectivity index (χ0) is 6.15. The van der Waals surface area contributed by atoms with E-state index < -0.39 is 0 Å². The fraction of sp³-hybridized carbons (Fsp3) is 0.600. The van der Waals surface area contributed by atoms with Crippen LogP contribution < -0.4 is 4.74 Å². The molecule has 8 heavy (non-hydrogen) atoms. The molecule has 0 N–H and O–H groups in total. The third kappa shape index (κ3) is 0.598. The van der Waals surface area contributed by atoms with Crippen LogP contribution >= 0.6 is 0 Å². The number of aromatic nitrogens is 2. The van der Waals surface area contributed by atoms with Crippen LogP contribution in [-0.2, 0) is 7.05 Å². The lowest BCUT2D eigenvalue weighted by molar-refractivity contribution is -0.858. The molecule has 0 saturated heterocycles. The predicted octanol–water partition coefficient (Wildman–Crippen LogP) is 0.116. The molecular weight excluding hydrogens is 104 g/mol. The van der Waals surface area contributed by atoms with Gasteiger partial charge in [0.05, 0.1) is 0 Å². The van der Waals surface area contributed by atoms with Crippen molar-refractivity contribution in [1.29, 1.82) is 0 Å². The van der Waals surface area contributed by atoms with Crippen molar-refractivity contribution >= 4 is 0 Å². The Hall–Kier alpha value is -0.860. The molecule has 1 rings (SSSR count). The lowest BCUT2D eigenvalue weighted by Gasteiger charge is -1.74. The second-order valence-corrected chi connectivity index (χ2v) is 1.84. The molecule has 1 aromatic heterocycles. The molecule has 0 aliphatic heterocycles. The van der Waals surface area contributed by atoms with Crippen LogP contribution in [-0.4, -0.2) is 5.16 Å². The summed E-state index contributed by atoms with van der Waals surface area (Å²) < 4.78 is 6.40. The van der Waals surface area contributed by atoms with E-state index in [0.717, 1.165) is 11.4 Å². The van der Waals surface area contributed by atoms with Crippen molar-refractivity contribution in [3.05, 3.63) is 11.4 Å². The largest absolute Gasteiger partial charge is 0.242 e. The van der Waals surface area contributed by atoms with Crippen molar-refractivity contribution in [2.24, 2.45) is 7.05 Å². The third-order valence-electron chi connectivity index (χ3n) is 1.30. The highest BCUT2D eigenvalue weighted by molar-refractivity contribution is 4.95. The maximum absolute atomic E-state index is 4.76. The second kappa shape index (κ2) is 1.58. The first-order chi connectivity index (χ1) is 3.72. The maximum atomic E-state index is 4.76. The minimum absolute atomic E-state index is 0.951. The standard InChI is InChI=1S/C5H9N2O/c1-4-5(2)7(3)8-6-4/h1-3H3/q+1. The predicted molar refractivity (Wildman–Crippen MR) is 27.2 cm³/mol. The molecule has 3 heteroatoms. The summed E-state index contributed by atoms with van der Waals surface area (Å²) in [5, 5.41) is 3.70. The molecule has 1 heterocycles. The van der Waals surface area contributed by atoms with Gasteiger partial charge in [-0.3, -0.25) is 0 Å². The monoisotopic (exact) mass is 113 g/mol. The Labute approximate surface area is 47.9 Å². The minimum Gasteiger partial charge on any atom is -0.0851 e. The first-order valence-corrected chi connectivity index (χ1v) is 2.51. The lowest BCUT2D eigenvalue weighted by Crippen LogP contribution is -2.27. The van der Waals surface area contributed by atoms with Crippen molar-refractivity contribution in [1.82, 2.24) is 5.16 Å². The summed E-state index contributed by atoms with van der Waals surface area (Å²) in [5.74, 6) is 0. The van der Waals surface area contributed by atoms with Gasteiger partial charge in [-0.05, 0) is 0 Å². The SMILES string of the molecule is Cc1no[n+](C)c1C. The molecule has 0 bridgehead atoms. The van der Waals surface area contributed by atoms with Gasteiger partial charge in [-0.15, -0.1) is 0 Å². The van der Waals surface area contributed by atoms with Crippen LogP contribution in [0.3, 0.4) is 0 Å². The summed E-state index contributed by atoms with van der Waals surface area (Å²) >= 11 is 0. The van der Waals surface area contributed by atoms with Gasteiger partial charge in [0.15, 0.2) is 10.9 Å². The Morgan fingerprint density at radius 2 is 2.12 bits per heavy atom. The molecule has 3 nitrogen and oxygen atoms in total. The van der Waals surface area contributed by atoms with Gasteiger partial charge in [0.1, 0.15) is 7.05 Å². The van der Waals surface area contributed by atoms with Crippen molar-refractivity contribution in [3.8, 4) is 0 Å². The van der Waals surface area contributed by atoms with E-state index in [9.17, 15) is 0 Å². The van der Waals surface area contributed by atoms with Gasteiger partial charge in [0.25, 0.3) is 0 Å². The zero-order valence-electron chi connectivity index (χ0n) is 5.30. The first kappa shape index (κ1) is 5.28. The van der Waals surface area contributed by atoms with E-state index in [-0.39, 0.29) is 0 Å². The molecule has 0 atom stereocenters. The topological polar surface area (TPSA) is 29.9 Å². The second-order valence-electron chi connectivity index (χ2n) is 1.84. The van der Waals surface area contributed by atoms with Crippen LogP contribution in [0.5, 0.6) is 0 Å². The van der Waals surface area contributed by atoms with Gasteiger partial charge in [-0.25, -0.2) is 0 Å². The number of rotatable bonds is 0. The minimum atomic E-state index is 0.951. The van der Waals surface area contributed by atoms with E-state index in [1.165, 1.54) is 0 Å². The number of nitrogens with zero attached hydrogens (tertiary/aromatic N) is 2. The highest BCUT2D eigenvalue weighted by atomic mass is 16.6. The normalized spacial score (nSPS) is 9.88. The Kier molecular flexibility index (Phi) is 1.04. The molecule has 0 amide bonds. The zero-order valence-corrected chi connectivity index (χ0v) is 5.30. The van der Waals surface area contributed by atoms with Crippen LogP contribution in [0.2, 0.25) is 0 Å². The van der Waals surface area contributed by atoms with Crippen molar-refractivity contribution in [2.75, 3.05) is 0 Å². The molecule has 0 aliphatic carbocycles. The Balaban J connectivity index is 3.19. The number of hydrogen-bond donors (Lipinski definition) is 0. The molecule has 0 fully saturated rings. The molecule has 0 spiro atoms. The molecular formula is C5H9N2O+. The first-order valence-electron chi connectivity index (χ1n) is 2.51. The van der Waals surface area contributed by atoms with E-state index >= 15 is 0 Å².